The van der Waals surface area contributed by atoms with Crippen molar-refractivity contribution in [3.05, 3.63) is 34.0 Å². The van der Waals surface area contributed by atoms with E-state index in [1.165, 1.54) is 0 Å². The normalized spacial score (nSPS) is 13.2. The molecular formula is C13H19N3OS. The molecule has 0 aromatic carbocycles. The summed E-state index contributed by atoms with van der Waals surface area (Å²) in [6, 6.07) is 0. The Labute approximate surface area is 111 Å². The van der Waals surface area contributed by atoms with Gasteiger partial charge in [-0.3, -0.25) is 0 Å². The molecule has 0 aliphatic heterocycles. The van der Waals surface area contributed by atoms with E-state index >= 15 is 0 Å². The zero-order chi connectivity index (χ0) is 13.1. The molecule has 4 nitrogen and oxygen atoms in total. The lowest BCUT2D eigenvalue weighted by Gasteiger charge is -2.12. The number of aliphatic hydroxyl groups excluding tert-OH is 1. The van der Waals surface area contributed by atoms with Gasteiger partial charge in [0.25, 0.3) is 0 Å². The van der Waals surface area contributed by atoms with Gasteiger partial charge in [0.15, 0.2) is 0 Å². The smallest absolute Gasteiger partial charge is 0.138 e. The highest BCUT2D eigenvalue weighted by Crippen LogP contribution is 2.24. The molecule has 1 atom stereocenters. The lowest BCUT2D eigenvalue weighted by atomic mass is 10.1. The molecule has 0 saturated carbocycles. The molecule has 5 heteroatoms. The van der Waals surface area contributed by atoms with Crippen LogP contribution >= 0.6 is 11.3 Å². The third-order valence-electron chi connectivity index (χ3n) is 2.86. The van der Waals surface area contributed by atoms with Crippen LogP contribution in [0.2, 0.25) is 0 Å². The van der Waals surface area contributed by atoms with Gasteiger partial charge in [0.2, 0.25) is 0 Å². The van der Waals surface area contributed by atoms with Crippen LogP contribution in [-0.4, -0.2) is 19.9 Å². The maximum absolute atomic E-state index is 10.2. The van der Waals surface area contributed by atoms with Gasteiger partial charge in [-0.2, -0.15) is 16.4 Å². The van der Waals surface area contributed by atoms with Crippen molar-refractivity contribution in [3.8, 4) is 0 Å². The van der Waals surface area contributed by atoms with Crippen molar-refractivity contribution in [1.29, 1.82) is 0 Å². The molecule has 1 N–H and O–H groups in total. The number of aryl methyl sites for hydroxylation is 1. The maximum atomic E-state index is 10.2. The van der Waals surface area contributed by atoms with Crippen LogP contribution < -0.4 is 0 Å². The van der Waals surface area contributed by atoms with Gasteiger partial charge in [-0.05, 0) is 34.7 Å². The molecule has 2 aromatic heterocycles. The molecule has 0 spiro atoms. The van der Waals surface area contributed by atoms with Crippen molar-refractivity contribution >= 4 is 11.3 Å². The highest BCUT2D eigenvalue weighted by atomic mass is 32.1. The van der Waals surface area contributed by atoms with E-state index in [1.807, 2.05) is 17.0 Å². The van der Waals surface area contributed by atoms with E-state index in [0.717, 1.165) is 23.5 Å². The Morgan fingerprint density at radius 1 is 1.39 bits per heavy atom. The highest BCUT2D eigenvalue weighted by Gasteiger charge is 2.16. The number of hydrogen-bond acceptors (Lipinski definition) is 4. The van der Waals surface area contributed by atoms with E-state index < -0.39 is 6.10 Å². The number of hydrogen-bond donors (Lipinski definition) is 1. The van der Waals surface area contributed by atoms with Gasteiger partial charge >= 0.3 is 0 Å². The van der Waals surface area contributed by atoms with Crippen LogP contribution in [0.15, 0.2) is 17.1 Å². The largest absolute Gasteiger partial charge is 0.388 e. The van der Waals surface area contributed by atoms with Crippen molar-refractivity contribution < 1.29 is 5.11 Å². The quantitative estimate of drug-likeness (QED) is 0.904. The first kappa shape index (κ1) is 13.2. The number of rotatable bonds is 5. The summed E-state index contributed by atoms with van der Waals surface area (Å²) in [6.45, 7) is 7.15. The monoisotopic (exact) mass is 265 g/mol. The first-order valence-electron chi connectivity index (χ1n) is 6.15. The second kappa shape index (κ2) is 5.63. The summed E-state index contributed by atoms with van der Waals surface area (Å²) in [7, 11) is 0. The van der Waals surface area contributed by atoms with Gasteiger partial charge in [-0.1, -0.05) is 13.8 Å². The zero-order valence-corrected chi connectivity index (χ0v) is 11.8. The molecule has 0 bridgehead atoms. The lowest BCUT2D eigenvalue weighted by molar-refractivity contribution is 0.173. The minimum atomic E-state index is -0.494. The molecule has 2 rings (SSSR count). The van der Waals surface area contributed by atoms with Crippen molar-refractivity contribution in [2.24, 2.45) is 5.92 Å². The molecular weight excluding hydrogens is 246 g/mol. The third-order valence-corrected chi connectivity index (χ3v) is 3.74. The van der Waals surface area contributed by atoms with Crippen LogP contribution in [0.5, 0.6) is 0 Å². The predicted molar refractivity (Wildman–Crippen MR) is 72.6 cm³/mol. The minimum Gasteiger partial charge on any atom is -0.388 e. The van der Waals surface area contributed by atoms with Gasteiger partial charge in [0.1, 0.15) is 12.2 Å². The van der Waals surface area contributed by atoms with Gasteiger partial charge in [-0.25, -0.2) is 9.67 Å². The van der Waals surface area contributed by atoms with Crippen LogP contribution in [0, 0.1) is 12.8 Å². The van der Waals surface area contributed by atoms with Crippen molar-refractivity contribution in [2.45, 2.75) is 39.8 Å². The standard InChI is InChI=1S/C13H19N3OS/c1-9(2)5-16-13(14-8-15-16)4-12(17)11-7-18-6-10(11)3/h6-9,12,17H,4-5H2,1-3H3. The topological polar surface area (TPSA) is 50.9 Å². The Morgan fingerprint density at radius 3 is 2.78 bits per heavy atom. The molecule has 0 fully saturated rings. The summed E-state index contributed by atoms with van der Waals surface area (Å²) in [6.07, 6.45) is 1.58. The second-order valence-electron chi connectivity index (χ2n) is 4.98. The first-order chi connectivity index (χ1) is 8.58. The molecule has 98 valence electrons. The van der Waals surface area contributed by atoms with Crippen molar-refractivity contribution in [3.63, 3.8) is 0 Å². The summed E-state index contributed by atoms with van der Waals surface area (Å²) >= 11 is 1.62. The van der Waals surface area contributed by atoms with Crippen LogP contribution in [0.3, 0.4) is 0 Å². The maximum Gasteiger partial charge on any atom is 0.138 e. The Kier molecular flexibility index (Phi) is 4.14. The van der Waals surface area contributed by atoms with Gasteiger partial charge < -0.3 is 5.11 Å². The summed E-state index contributed by atoms with van der Waals surface area (Å²) in [4.78, 5) is 4.24. The fraction of sp³-hybridized carbons (Fsp3) is 0.538. The number of thiophene rings is 1. The lowest BCUT2D eigenvalue weighted by Crippen LogP contribution is -2.13. The highest BCUT2D eigenvalue weighted by molar-refractivity contribution is 7.08. The SMILES string of the molecule is Cc1cscc1C(O)Cc1ncnn1CC(C)C. The van der Waals surface area contributed by atoms with E-state index in [0.29, 0.717) is 12.3 Å². The molecule has 0 amide bonds. The Balaban J connectivity index is 2.10. The van der Waals surface area contributed by atoms with E-state index in [-0.39, 0.29) is 0 Å². The van der Waals surface area contributed by atoms with Gasteiger partial charge in [0.05, 0.1) is 6.10 Å². The summed E-state index contributed by atoms with van der Waals surface area (Å²) in [5, 5.41) is 18.5. The number of nitrogens with zero attached hydrogens (tertiary/aromatic N) is 3. The van der Waals surface area contributed by atoms with Crippen molar-refractivity contribution in [1.82, 2.24) is 14.8 Å². The molecule has 1 unspecified atom stereocenters. The summed E-state index contributed by atoms with van der Waals surface area (Å²) in [5.41, 5.74) is 2.14. The van der Waals surface area contributed by atoms with E-state index in [9.17, 15) is 5.11 Å². The molecule has 2 aromatic rings. The van der Waals surface area contributed by atoms with E-state index in [4.69, 9.17) is 0 Å². The van der Waals surface area contributed by atoms with Crippen LogP contribution in [0.25, 0.3) is 0 Å². The minimum absolute atomic E-state index is 0.494. The fourth-order valence-corrected chi connectivity index (χ4v) is 2.84. The molecule has 2 heterocycles. The molecule has 0 aliphatic rings. The third kappa shape index (κ3) is 2.97. The van der Waals surface area contributed by atoms with E-state index in [1.54, 1.807) is 17.7 Å². The van der Waals surface area contributed by atoms with Gasteiger partial charge in [-0.15, -0.1) is 0 Å². The molecule has 0 radical (unpaired) electrons. The van der Waals surface area contributed by atoms with Crippen molar-refractivity contribution in [2.75, 3.05) is 0 Å². The van der Waals surface area contributed by atoms with Crippen LogP contribution in [0.4, 0.5) is 0 Å². The average Bonchev–Trinajstić information content (AvgIpc) is 2.88. The fourth-order valence-electron chi connectivity index (χ4n) is 1.94. The Bertz CT molecular complexity index is 504. The number of aliphatic hydroxyl groups is 1. The summed E-state index contributed by atoms with van der Waals surface area (Å²) < 4.78 is 1.88. The first-order valence-corrected chi connectivity index (χ1v) is 7.09. The zero-order valence-electron chi connectivity index (χ0n) is 11.0. The second-order valence-corrected chi connectivity index (χ2v) is 5.73. The summed E-state index contributed by atoms with van der Waals surface area (Å²) in [5.74, 6) is 1.37. The van der Waals surface area contributed by atoms with E-state index in [2.05, 4.69) is 29.3 Å². The predicted octanol–water partition coefficient (Wildman–Crippen LogP) is 2.58. The number of aromatic nitrogens is 3. The molecule has 0 aliphatic carbocycles. The molecule has 0 saturated heterocycles. The Morgan fingerprint density at radius 2 is 2.17 bits per heavy atom. The van der Waals surface area contributed by atoms with Crippen LogP contribution in [0.1, 0.15) is 36.9 Å². The van der Waals surface area contributed by atoms with Gasteiger partial charge in [0, 0.05) is 13.0 Å². The van der Waals surface area contributed by atoms with Crippen LogP contribution in [-0.2, 0) is 13.0 Å². The Hall–Kier alpha value is -1.20. The molecule has 18 heavy (non-hydrogen) atoms. The average molecular weight is 265 g/mol.